The Morgan fingerprint density at radius 2 is 1.86 bits per heavy atom. The van der Waals surface area contributed by atoms with Gasteiger partial charge in [-0.1, -0.05) is 0 Å². The minimum absolute atomic E-state index is 0.231. The number of amides is 1. The Hall–Kier alpha value is -0.810. The molecule has 1 saturated carbocycles. The topological polar surface area (TPSA) is 50.8 Å². The van der Waals surface area contributed by atoms with Crippen LogP contribution in [0.2, 0.25) is 0 Å². The van der Waals surface area contributed by atoms with Crippen LogP contribution in [0.5, 0.6) is 0 Å². The van der Waals surface area contributed by atoms with E-state index < -0.39 is 5.60 Å². The van der Waals surface area contributed by atoms with Gasteiger partial charge < -0.3 is 19.7 Å². The second-order valence-corrected chi connectivity index (χ2v) is 7.69. The second kappa shape index (κ2) is 7.64. The first-order valence-corrected chi connectivity index (χ1v) is 8.63. The van der Waals surface area contributed by atoms with E-state index in [-0.39, 0.29) is 12.1 Å². The summed E-state index contributed by atoms with van der Waals surface area (Å²) in [6, 6.07) is 0.263. The maximum absolute atomic E-state index is 12.0. The van der Waals surface area contributed by atoms with E-state index in [0.29, 0.717) is 6.10 Å². The summed E-state index contributed by atoms with van der Waals surface area (Å²) in [5.74, 6) is 0.821. The minimum Gasteiger partial charge on any atom is -0.444 e. The number of hydrogen-bond donors (Lipinski definition) is 1. The standard InChI is InChI=1S/C17H32N2O3/c1-17(2,3)22-16(20)19(4)14-11-15(12-14)21-10-7-13-5-8-18-9-6-13/h13-15,18H,5-12H2,1-4H3. The van der Waals surface area contributed by atoms with Crippen LogP contribution < -0.4 is 5.32 Å². The molecule has 0 aromatic rings. The first-order chi connectivity index (χ1) is 10.3. The lowest BCUT2D eigenvalue weighted by molar-refractivity contribution is -0.0544. The summed E-state index contributed by atoms with van der Waals surface area (Å²) in [5, 5.41) is 3.39. The number of rotatable bonds is 5. The molecule has 0 atom stereocenters. The number of carbonyl (C=O) groups excluding carboxylic acids is 1. The first-order valence-electron chi connectivity index (χ1n) is 8.63. The molecule has 2 rings (SSSR count). The van der Waals surface area contributed by atoms with Crippen molar-refractivity contribution in [1.29, 1.82) is 0 Å². The smallest absolute Gasteiger partial charge is 0.410 e. The van der Waals surface area contributed by atoms with Gasteiger partial charge in [0, 0.05) is 19.7 Å². The lowest BCUT2D eigenvalue weighted by Gasteiger charge is -2.41. The molecule has 5 nitrogen and oxygen atoms in total. The van der Waals surface area contributed by atoms with Crippen molar-refractivity contribution in [3.63, 3.8) is 0 Å². The number of hydrogen-bond acceptors (Lipinski definition) is 4. The monoisotopic (exact) mass is 312 g/mol. The molecular weight excluding hydrogens is 280 g/mol. The Bertz CT molecular complexity index is 355. The van der Waals surface area contributed by atoms with Crippen LogP contribution in [0.25, 0.3) is 0 Å². The van der Waals surface area contributed by atoms with E-state index in [1.54, 1.807) is 4.90 Å². The van der Waals surface area contributed by atoms with Gasteiger partial charge in [-0.15, -0.1) is 0 Å². The molecule has 1 saturated heterocycles. The Balaban J connectivity index is 1.57. The van der Waals surface area contributed by atoms with Crippen LogP contribution in [-0.2, 0) is 9.47 Å². The van der Waals surface area contributed by atoms with Crippen LogP contribution in [0.4, 0.5) is 4.79 Å². The molecule has 2 aliphatic rings. The van der Waals surface area contributed by atoms with Crippen molar-refractivity contribution in [3.8, 4) is 0 Å². The summed E-state index contributed by atoms with van der Waals surface area (Å²) in [4.78, 5) is 13.7. The quantitative estimate of drug-likeness (QED) is 0.848. The van der Waals surface area contributed by atoms with Crippen LogP contribution in [-0.4, -0.2) is 55.5 Å². The van der Waals surface area contributed by atoms with Crippen LogP contribution in [0, 0.1) is 5.92 Å². The third-order valence-electron chi connectivity index (χ3n) is 4.64. The van der Waals surface area contributed by atoms with E-state index in [0.717, 1.165) is 38.5 Å². The third-order valence-corrected chi connectivity index (χ3v) is 4.64. The molecule has 5 heteroatoms. The molecule has 1 amide bonds. The van der Waals surface area contributed by atoms with Crippen molar-refractivity contribution in [1.82, 2.24) is 10.2 Å². The fraction of sp³-hybridized carbons (Fsp3) is 0.941. The van der Waals surface area contributed by atoms with Gasteiger partial charge in [0.1, 0.15) is 5.60 Å². The number of nitrogens with zero attached hydrogens (tertiary/aromatic N) is 1. The van der Waals surface area contributed by atoms with E-state index in [9.17, 15) is 4.79 Å². The summed E-state index contributed by atoms with van der Waals surface area (Å²) >= 11 is 0. The molecular formula is C17H32N2O3. The highest BCUT2D eigenvalue weighted by Gasteiger charge is 2.36. The normalized spacial score (nSPS) is 26.4. The predicted molar refractivity (Wildman–Crippen MR) is 87.0 cm³/mol. The summed E-state index contributed by atoms with van der Waals surface area (Å²) < 4.78 is 11.3. The van der Waals surface area contributed by atoms with E-state index in [1.165, 1.54) is 19.3 Å². The third kappa shape index (κ3) is 5.43. The molecule has 0 aromatic carbocycles. The van der Waals surface area contributed by atoms with Crippen LogP contribution >= 0.6 is 0 Å². The molecule has 1 heterocycles. The molecule has 2 fully saturated rings. The van der Waals surface area contributed by atoms with Gasteiger partial charge in [-0.3, -0.25) is 0 Å². The SMILES string of the molecule is CN(C(=O)OC(C)(C)C)C1CC(OCCC2CCNCC2)C1. The fourth-order valence-electron chi connectivity index (χ4n) is 3.04. The Morgan fingerprint density at radius 1 is 1.23 bits per heavy atom. The summed E-state index contributed by atoms with van der Waals surface area (Å²) in [5.41, 5.74) is -0.431. The van der Waals surface area contributed by atoms with Crippen molar-refractivity contribution in [3.05, 3.63) is 0 Å². The highest BCUT2D eigenvalue weighted by atomic mass is 16.6. The maximum atomic E-state index is 12.0. The van der Waals surface area contributed by atoms with Gasteiger partial charge in [0.25, 0.3) is 0 Å². The van der Waals surface area contributed by atoms with Crippen LogP contribution in [0.1, 0.15) is 52.9 Å². The molecule has 0 aromatic heterocycles. The molecule has 1 N–H and O–H groups in total. The van der Waals surface area contributed by atoms with E-state index in [2.05, 4.69) is 5.32 Å². The zero-order valence-electron chi connectivity index (χ0n) is 14.6. The molecule has 128 valence electrons. The zero-order valence-corrected chi connectivity index (χ0v) is 14.6. The molecule has 0 unspecified atom stereocenters. The Morgan fingerprint density at radius 3 is 2.45 bits per heavy atom. The number of ether oxygens (including phenoxy) is 2. The lowest BCUT2D eigenvalue weighted by Crippen LogP contribution is -2.50. The second-order valence-electron chi connectivity index (χ2n) is 7.69. The predicted octanol–water partition coefficient (Wildman–Crippen LogP) is 2.79. The van der Waals surface area contributed by atoms with Gasteiger partial charge in [-0.25, -0.2) is 4.79 Å². The minimum atomic E-state index is -0.431. The van der Waals surface area contributed by atoms with Crippen LogP contribution in [0.15, 0.2) is 0 Å². The number of piperidine rings is 1. The molecule has 0 radical (unpaired) electrons. The average molecular weight is 312 g/mol. The van der Waals surface area contributed by atoms with Gasteiger partial charge in [0.2, 0.25) is 0 Å². The van der Waals surface area contributed by atoms with E-state index in [4.69, 9.17) is 9.47 Å². The maximum Gasteiger partial charge on any atom is 0.410 e. The average Bonchev–Trinajstić information content (AvgIpc) is 2.40. The number of nitrogens with one attached hydrogen (secondary N) is 1. The zero-order chi connectivity index (χ0) is 16.2. The largest absolute Gasteiger partial charge is 0.444 e. The Kier molecular flexibility index (Phi) is 6.09. The van der Waals surface area contributed by atoms with Crippen molar-refractivity contribution >= 4 is 6.09 Å². The van der Waals surface area contributed by atoms with Crippen molar-refractivity contribution in [2.45, 2.75) is 70.6 Å². The molecule has 0 bridgehead atoms. The number of carbonyl (C=O) groups is 1. The van der Waals surface area contributed by atoms with Gasteiger partial charge >= 0.3 is 6.09 Å². The van der Waals surface area contributed by atoms with Crippen LogP contribution in [0.3, 0.4) is 0 Å². The molecule has 1 aliphatic heterocycles. The summed E-state index contributed by atoms with van der Waals surface area (Å²) in [6.07, 6.45) is 5.67. The lowest BCUT2D eigenvalue weighted by atomic mass is 9.88. The van der Waals surface area contributed by atoms with Gasteiger partial charge in [-0.05, 0) is 71.9 Å². The van der Waals surface area contributed by atoms with E-state index >= 15 is 0 Å². The summed E-state index contributed by atoms with van der Waals surface area (Å²) in [6.45, 7) is 8.84. The summed E-state index contributed by atoms with van der Waals surface area (Å²) in [7, 11) is 1.82. The van der Waals surface area contributed by atoms with Gasteiger partial charge in [-0.2, -0.15) is 0 Å². The highest BCUT2D eigenvalue weighted by Crippen LogP contribution is 2.29. The first kappa shape index (κ1) is 17.5. The van der Waals surface area contributed by atoms with Gasteiger partial charge in [0.15, 0.2) is 0 Å². The van der Waals surface area contributed by atoms with E-state index in [1.807, 2.05) is 27.8 Å². The molecule has 22 heavy (non-hydrogen) atoms. The molecule has 0 spiro atoms. The highest BCUT2D eigenvalue weighted by molar-refractivity contribution is 5.68. The Labute approximate surface area is 134 Å². The van der Waals surface area contributed by atoms with Gasteiger partial charge in [0.05, 0.1) is 6.10 Å². The van der Waals surface area contributed by atoms with Crippen molar-refractivity contribution in [2.75, 3.05) is 26.7 Å². The molecule has 1 aliphatic carbocycles. The fourth-order valence-corrected chi connectivity index (χ4v) is 3.04. The van der Waals surface area contributed by atoms with Crippen molar-refractivity contribution in [2.24, 2.45) is 5.92 Å². The van der Waals surface area contributed by atoms with Crippen molar-refractivity contribution < 1.29 is 14.3 Å².